The maximum absolute atomic E-state index is 10.7. The second-order valence-corrected chi connectivity index (χ2v) is 4.88. The van der Waals surface area contributed by atoms with Crippen molar-refractivity contribution in [2.45, 2.75) is 17.3 Å². The second-order valence-electron chi connectivity index (χ2n) is 3.84. The van der Waals surface area contributed by atoms with E-state index in [1.165, 1.54) is 0 Å². The average Bonchev–Trinajstić information content (AvgIpc) is 2.85. The van der Waals surface area contributed by atoms with Gasteiger partial charge in [-0.2, -0.15) is 0 Å². The third kappa shape index (κ3) is 3.84. The summed E-state index contributed by atoms with van der Waals surface area (Å²) in [5.41, 5.74) is 1.12. The van der Waals surface area contributed by atoms with Crippen LogP contribution in [0.2, 0.25) is 0 Å². The zero-order chi connectivity index (χ0) is 13.7. The smallest absolute Gasteiger partial charge is 0.335 e. The first-order valence-electron chi connectivity index (χ1n) is 5.58. The highest BCUT2D eigenvalue weighted by molar-refractivity contribution is 7.98. The number of ether oxygens (including phenoxy) is 1. The molecule has 0 unspecified atom stereocenters. The van der Waals surface area contributed by atoms with Crippen molar-refractivity contribution in [3.8, 4) is 0 Å². The Balaban J connectivity index is 1.92. The van der Waals surface area contributed by atoms with Crippen molar-refractivity contribution in [1.29, 1.82) is 0 Å². The third-order valence-electron chi connectivity index (χ3n) is 2.38. The summed E-state index contributed by atoms with van der Waals surface area (Å²) in [6.45, 7) is 0.408. The minimum atomic E-state index is -0.919. The van der Waals surface area contributed by atoms with E-state index in [0.717, 1.165) is 10.6 Å². The lowest BCUT2D eigenvalue weighted by molar-refractivity contribution is 0.0697. The largest absolute Gasteiger partial charge is 0.478 e. The summed E-state index contributed by atoms with van der Waals surface area (Å²) in [6, 6.07) is 8.59. The number of carboxylic acids is 1. The molecular weight excluding hydrogens is 266 g/mol. The van der Waals surface area contributed by atoms with Crippen LogP contribution in [0.3, 0.4) is 0 Å². The highest BCUT2D eigenvalue weighted by Crippen LogP contribution is 2.23. The monoisotopic (exact) mass is 279 g/mol. The minimum Gasteiger partial charge on any atom is -0.478 e. The molecule has 0 fully saturated rings. The molecule has 0 spiro atoms. The third-order valence-corrected chi connectivity index (χ3v) is 3.43. The maximum atomic E-state index is 10.7. The van der Waals surface area contributed by atoms with Crippen molar-refractivity contribution < 1.29 is 19.2 Å². The van der Waals surface area contributed by atoms with Crippen LogP contribution in [0.15, 0.2) is 39.8 Å². The number of hydrogen-bond donors (Lipinski definition) is 1. The van der Waals surface area contributed by atoms with Gasteiger partial charge in [0.1, 0.15) is 6.61 Å². The topological polar surface area (TPSA) is 72.6 Å². The normalized spacial score (nSPS) is 10.6. The van der Waals surface area contributed by atoms with Gasteiger partial charge in [-0.1, -0.05) is 5.16 Å². The lowest BCUT2D eigenvalue weighted by atomic mass is 10.2. The number of carbonyl (C=O) groups is 1. The van der Waals surface area contributed by atoms with Crippen LogP contribution in [0.25, 0.3) is 0 Å². The SMILES string of the molecule is COCc1cc(CSc2ccc(C(=O)O)cc2)no1. The Morgan fingerprint density at radius 3 is 2.79 bits per heavy atom. The van der Waals surface area contributed by atoms with Crippen molar-refractivity contribution in [3.05, 3.63) is 47.3 Å². The quantitative estimate of drug-likeness (QED) is 0.820. The van der Waals surface area contributed by atoms with Gasteiger partial charge in [-0.25, -0.2) is 4.79 Å². The molecule has 0 aliphatic heterocycles. The van der Waals surface area contributed by atoms with Crippen molar-refractivity contribution >= 4 is 17.7 Å². The summed E-state index contributed by atoms with van der Waals surface area (Å²) >= 11 is 1.57. The summed E-state index contributed by atoms with van der Waals surface area (Å²) < 4.78 is 10.0. The molecule has 5 nitrogen and oxygen atoms in total. The molecule has 1 heterocycles. The first kappa shape index (κ1) is 13.6. The first-order chi connectivity index (χ1) is 9.19. The van der Waals surface area contributed by atoms with E-state index >= 15 is 0 Å². The van der Waals surface area contributed by atoms with Crippen molar-refractivity contribution in [3.63, 3.8) is 0 Å². The van der Waals surface area contributed by atoms with Crippen LogP contribution in [0.5, 0.6) is 0 Å². The number of aromatic carboxylic acids is 1. The molecule has 0 aliphatic rings. The van der Waals surface area contributed by atoms with Crippen LogP contribution in [-0.2, 0) is 17.1 Å². The van der Waals surface area contributed by atoms with Gasteiger partial charge in [0, 0.05) is 23.8 Å². The van der Waals surface area contributed by atoms with E-state index < -0.39 is 5.97 Å². The predicted octanol–water partition coefficient (Wildman–Crippen LogP) is 2.81. The molecule has 0 aliphatic carbocycles. The molecule has 2 rings (SSSR count). The lowest BCUT2D eigenvalue weighted by Gasteiger charge is -1.99. The van der Waals surface area contributed by atoms with Crippen LogP contribution in [0, 0.1) is 0 Å². The molecule has 0 saturated heterocycles. The van der Waals surface area contributed by atoms with E-state index in [-0.39, 0.29) is 5.56 Å². The fraction of sp³-hybridized carbons (Fsp3) is 0.231. The minimum absolute atomic E-state index is 0.285. The first-order valence-corrected chi connectivity index (χ1v) is 6.57. The number of benzene rings is 1. The molecule has 1 aromatic heterocycles. The molecule has 100 valence electrons. The summed E-state index contributed by atoms with van der Waals surface area (Å²) in [6.07, 6.45) is 0. The fourth-order valence-corrected chi connectivity index (χ4v) is 2.26. The Bertz CT molecular complexity index is 550. The Labute approximate surface area is 114 Å². The highest BCUT2D eigenvalue weighted by Gasteiger charge is 2.06. The molecule has 0 amide bonds. The Morgan fingerprint density at radius 1 is 1.42 bits per heavy atom. The summed E-state index contributed by atoms with van der Waals surface area (Å²) in [7, 11) is 1.60. The zero-order valence-corrected chi connectivity index (χ0v) is 11.1. The van der Waals surface area contributed by atoms with Crippen LogP contribution >= 0.6 is 11.8 Å². The van der Waals surface area contributed by atoms with Gasteiger partial charge >= 0.3 is 5.97 Å². The molecule has 1 N–H and O–H groups in total. The van der Waals surface area contributed by atoms with Crippen LogP contribution < -0.4 is 0 Å². The van der Waals surface area contributed by atoms with Crippen LogP contribution in [0.4, 0.5) is 0 Å². The van der Waals surface area contributed by atoms with Gasteiger partial charge in [-0.15, -0.1) is 11.8 Å². The summed E-state index contributed by atoms with van der Waals surface area (Å²) in [5, 5.41) is 12.7. The van der Waals surface area contributed by atoms with E-state index in [2.05, 4.69) is 5.16 Å². The van der Waals surface area contributed by atoms with Crippen LogP contribution in [-0.4, -0.2) is 23.3 Å². The van der Waals surface area contributed by atoms with Gasteiger partial charge in [-0.3, -0.25) is 0 Å². The molecule has 0 bridgehead atoms. The Morgan fingerprint density at radius 2 is 2.16 bits per heavy atom. The van der Waals surface area contributed by atoms with E-state index in [9.17, 15) is 4.79 Å². The molecule has 6 heteroatoms. The fourth-order valence-electron chi connectivity index (χ4n) is 1.49. The molecular formula is C13H13NO4S. The summed E-state index contributed by atoms with van der Waals surface area (Å²) in [5.74, 6) is 0.441. The molecule has 0 atom stereocenters. The number of nitrogens with zero attached hydrogens (tertiary/aromatic N) is 1. The number of aromatic nitrogens is 1. The molecule has 2 aromatic rings. The molecule has 1 aromatic carbocycles. The number of rotatable bonds is 6. The number of carboxylic acid groups (broad SMARTS) is 1. The number of methoxy groups -OCH3 is 1. The predicted molar refractivity (Wildman–Crippen MR) is 70.2 cm³/mol. The summed E-state index contributed by atoms with van der Waals surface area (Å²) in [4.78, 5) is 11.7. The van der Waals surface area contributed by atoms with Crippen molar-refractivity contribution in [2.24, 2.45) is 0 Å². The standard InChI is InChI=1S/C13H13NO4S/c1-17-7-11-6-10(14-18-11)8-19-12-4-2-9(3-5-12)13(15)16/h2-6H,7-8H2,1H3,(H,15,16). The molecule has 19 heavy (non-hydrogen) atoms. The van der Waals surface area contributed by atoms with Crippen molar-refractivity contribution in [2.75, 3.05) is 7.11 Å². The molecule has 0 saturated carbocycles. The van der Waals surface area contributed by atoms with E-state index in [1.807, 2.05) is 6.07 Å². The average molecular weight is 279 g/mol. The lowest BCUT2D eigenvalue weighted by Crippen LogP contribution is -1.94. The zero-order valence-electron chi connectivity index (χ0n) is 10.3. The van der Waals surface area contributed by atoms with Crippen molar-refractivity contribution in [1.82, 2.24) is 5.16 Å². The number of hydrogen-bond acceptors (Lipinski definition) is 5. The van der Waals surface area contributed by atoms with Gasteiger partial charge in [-0.05, 0) is 24.3 Å². The van der Waals surface area contributed by atoms with E-state index in [4.69, 9.17) is 14.4 Å². The van der Waals surface area contributed by atoms with Gasteiger partial charge in [0.2, 0.25) is 0 Å². The second kappa shape index (κ2) is 6.40. The van der Waals surface area contributed by atoms with E-state index in [0.29, 0.717) is 18.1 Å². The van der Waals surface area contributed by atoms with Gasteiger partial charge in [0.25, 0.3) is 0 Å². The maximum Gasteiger partial charge on any atom is 0.335 e. The Kier molecular flexibility index (Phi) is 4.59. The Hall–Kier alpha value is -1.79. The van der Waals surface area contributed by atoms with E-state index in [1.54, 1.807) is 43.1 Å². The highest BCUT2D eigenvalue weighted by atomic mass is 32.2. The van der Waals surface area contributed by atoms with Gasteiger partial charge in [0.05, 0.1) is 11.3 Å². The number of thioether (sulfide) groups is 1. The van der Waals surface area contributed by atoms with Gasteiger partial charge < -0.3 is 14.4 Å². The molecule has 0 radical (unpaired) electrons. The van der Waals surface area contributed by atoms with Gasteiger partial charge in [0.15, 0.2) is 5.76 Å². The van der Waals surface area contributed by atoms with Crippen LogP contribution in [0.1, 0.15) is 21.8 Å².